The van der Waals surface area contributed by atoms with Crippen LogP contribution in [0.25, 0.3) is 0 Å². The predicted molar refractivity (Wildman–Crippen MR) is 99.1 cm³/mol. The van der Waals surface area contributed by atoms with Crippen LogP contribution in [0.1, 0.15) is 28.3 Å². The van der Waals surface area contributed by atoms with Gasteiger partial charge in [0, 0.05) is 22.3 Å². The first-order chi connectivity index (χ1) is 9.02. The highest BCUT2D eigenvalue weighted by Crippen LogP contribution is 2.38. The summed E-state index contributed by atoms with van der Waals surface area (Å²) in [6.45, 7) is 5.22. The van der Waals surface area contributed by atoms with Gasteiger partial charge in [-0.15, -0.1) is 11.3 Å². The summed E-state index contributed by atoms with van der Waals surface area (Å²) < 4.78 is 3.59. The first kappa shape index (κ1) is 15.9. The fourth-order valence-corrected chi connectivity index (χ4v) is 4.95. The van der Waals surface area contributed by atoms with Crippen LogP contribution in [0, 0.1) is 10.5 Å². The molecule has 1 nitrogen and oxygen atoms in total. The fraction of sp³-hybridized carbons (Fsp3) is 0.286. The zero-order valence-corrected chi connectivity index (χ0v) is 16.8. The van der Waals surface area contributed by atoms with Crippen LogP contribution in [0.2, 0.25) is 0 Å². The van der Waals surface area contributed by atoms with Gasteiger partial charge in [-0.1, -0.05) is 22.9 Å². The Morgan fingerprint density at radius 2 is 2.00 bits per heavy atom. The molecule has 19 heavy (non-hydrogen) atoms. The standard InChI is InChI=1S/C14H14Br2INS/c1-3-18-13(14-12(16)6-8(2)19-14)10-7-9(17)4-5-11(10)15/h4-7,13,18H,3H2,1-2H3. The molecule has 0 saturated carbocycles. The maximum Gasteiger partial charge on any atom is 0.0693 e. The minimum absolute atomic E-state index is 0.224. The number of aryl methyl sites for hydroxylation is 1. The molecule has 0 spiro atoms. The lowest BCUT2D eigenvalue weighted by molar-refractivity contribution is 0.635. The first-order valence-corrected chi connectivity index (χ1v) is 9.45. The molecule has 2 aromatic rings. The van der Waals surface area contributed by atoms with Gasteiger partial charge in [0.2, 0.25) is 0 Å². The van der Waals surface area contributed by atoms with Crippen molar-refractivity contribution in [2.75, 3.05) is 6.54 Å². The molecule has 1 heterocycles. The van der Waals surface area contributed by atoms with E-state index in [1.165, 1.54) is 23.4 Å². The normalized spacial score (nSPS) is 12.7. The second kappa shape index (κ2) is 7.02. The number of benzene rings is 1. The van der Waals surface area contributed by atoms with Crippen LogP contribution in [-0.4, -0.2) is 6.54 Å². The van der Waals surface area contributed by atoms with Crippen LogP contribution in [0.15, 0.2) is 33.2 Å². The lowest BCUT2D eigenvalue weighted by Gasteiger charge is -2.19. The van der Waals surface area contributed by atoms with Crippen molar-refractivity contribution in [1.29, 1.82) is 0 Å². The molecule has 0 aliphatic heterocycles. The van der Waals surface area contributed by atoms with E-state index in [4.69, 9.17) is 0 Å². The van der Waals surface area contributed by atoms with E-state index in [1.807, 2.05) is 11.3 Å². The van der Waals surface area contributed by atoms with Crippen molar-refractivity contribution in [3.05, 3.63) is 52.1 Å². The summed E-state index contributed by atoms with van der Waals surface area (Å²) >= 11 is 11.6. The molecule has 2 rings (SSSR count). The molecule has 1 N–H and O–H groups in total. The summed E-state index contributed by atoms with van der Waals surface area (Å²) in [4.78, 5) is 2.66. The maximum absolute atomic E-state index is 3.68. The van der Waals surface area contributed by atoms with Crippen LogP contribution in [0.3, 0.4) is 0 Å². The zero-order chi connectivity index (χ0) is 14.0. The molecule has 0 radical (unpaired) electrons. The first-order valence-electron chi connectivity index (χ1n) is 5.97. The molecule has 1 aromatic heterocycles. The van der Waals surface area contributed by atoms with Crippen molar-refractivity contribution in [2.24, 2.45) is 0 Å². The van der Waals surface area contributed by atoms with E-state index in [0.29, 0.717) is 0 Å². The molecular weight excluding hydrogens is 501 g/mol. The second-order valence-corrected chi connectivity index (χ2v) is 8.47. The average Bonchev–Trinajstić information content (AvgIpc) is 2.69. The summed E-state index contributed by atoms with van der Waals surface area (Å²) in [6, 6.07) is 8.88. The maximum atomic E-state index is 3.68. The van der Waals surface area contributed by atoms with Gasteiger partial charge in [0.25, 0.3) is 0 Å². The third-order valence-electron chi connectivity index (χ3n) is 2.78. The molecule has 0 fully saturated rings. The summed E-state index contributed by atoms with van der Waals surface area (Å²) in [5, 5.41) is 3.58. The Kier molecular flexibility index (Phi) is 5.90. The van der Waals surface area contributed by atoms with E-state index in [-0.39, 0.29) is 6.04 Å². The van der Waals surface area contributed by atoms with E-state index in [9.17, 15) is 0 Å². The van der Waals surface area contributed by atoms with E-state index >= 15 is 0 Å². The number of thiophene rings is 1. The van der Waals surface area contributed by atoms with Gasteiger partial charge < -0.3 is 5.32 Å². The molecule has 0 aliphatic carbocycles. The van der Waals surface area contributed by atoms with Gasteiger partial charge in [0.1, 0.15) is 0 Å². The summed E-state index contributed by atoms with van der Waals surface area (Å²) in [7, 11) is 0. The number of nitrogens with one attached hydrogen (secondary N) is 1. The van der Waals surface area contributed by atoms with Crippen molar-refractivity contribution in [3.63, 3.8) is 0 Å². The lowest BCUT2D eigenvalue weighted by atomic mass is 10.1. The number of hydrogen-bond acceptors (Lipinski definition) is 2. The van der Waals surface area contributed by atoms with Crippen molar-refractivity contribution < 1.29 is 0 Å². The van der Waals surface area contributed by atoms with Crippen molar-refractivity contribution in [1.82, 2.24) is 5.32 Å². The van der Waals surface area contributed by atoms with E-state index in [1.54, 1.807) is 0 Å². The molecule has 1 aromatic carbocycles. The zero-order valence-electron chi connectivity index (χ0n) is 10.6. The highest BCUT2D eigenvalue weighted by molar-refractivity contribution is 14.1. The third-order valence-corrected chi connectivity index (χ3v) is 6.20. The van der Waals surface area contributed by atoms with Crippen LogP contribution in [-0.2, 0) is 0 Å². The topological polar surface area (TPSA) is 12.0 Å². The highest BCUT2D eigenvalue weighted by atomic mass is 127. The molecule has 0 aliphatic rings. The third kappa shape index (κ3) is 3.81. The summed E-state index contributed by atoms with van der Waals surface area (Å²) in [5.74, 6) is 0. The Labute approximate surface area is 148 Å². The molecule has 0 bridgehead atoms. The van der Waals surface area contributed by atoms with Gasteiger partial charge in [-0.3, -0.25) is 0 Å². The van der Waals surface area contributed by atoms with Gasteiger partial charge in [0.05, 0.1) is 6.04 Å². The average molecular weight is 515 g/mol. The highest BCUT2D eigenvalue weighted by Gasteiger charge is 2.20. The number of hydrogen-bond donors (Lipinski definition) is 1. The van der Waals surface area contributed by atoms with E-state index in [2.05, 4.69) is 97.9 Å². The van der Waals surface area contributed by atoms with E-state index in [0.717, 1.165) is 11.0 Å². The van der Waals surface area contributed by atoms with Gasteiger partial charge in [0.15, 0.2) is 0 Å². The Hall–Kier alpha value is 0.570. The summed E-state index contributed by atoms with van der Waals surface area (Å²) in [5.41, 5.74) is 1.29. The number of rotatable bonds is 4. The minimum atomic E-state index is 0.224. The van der Waals surface area contributed by atoms with Crippen LogP contribution < -0.4 is 5.32 Å². The lowest BCUT2D eigenvalue weighted by Crippen LogP contribution is -2.22. The monoisotopic (exact) mass is 513 g/mol. The van der Waals surface area contributed by atoms with Crippen LogP contribution in [0.4, 0.5) is 0 Å². The van der Waals surface area contributed by atoms with Gasteiger partial charge >= 0.3 is 0 Å². The smallest absolute Gasteiger partial charge is 0.0693 e. The van der Waals surface area contributed by atoms with Crippen molar-refractivity contribution >= 4 is 65.8 Å². The Bertz CT molecular complexity index is 583. The Morgan fingerprint density at radius 1 is 1.26 bits per heavy atom. The Balaban J connectivity index is 2.51. The summed E-state index contributed by atoms with van der Waals surface area (Å²) in [6.07, 6.45) is 0. The van der Waals surface area contributed by atoms with Gasteiger partial charge in [-0.25, -0.2) is 0 Å². The Morgan fingerprint density at radius 3 is 2.58 bits per heavy atom. The molecule has 1 unspecified atom stereocenters. The van der Waals surface area contributed by atoms with Crippen molar-refractivity contribution in [3.8, 4) is 0 Å². The largest absolute Gasteiger partial charge is 0.306 e. The molecule has 102 valence electrons. The molecular formula is C14H14Br2INS. The molecule has 0 saturated heterocycles. The quantitative estimate of drug-likeness (QED) is 0.502. The fourth-order valence-electron chi connectivity index (χ4n) is 1.98. The minimum Gasteiger partial charge on any atom is -0.306 e. The van der Waals surface area contributed by atoms with Crippen LogP contribution >= 0.6 is 65.8 Å². The number of halogens is 3. The van der Waals surface area contributed by atoms with Gasteiger partial charge in [-0.2, -0.15) is 0 Å². The molecule has 0 amide bonds. The SMILES string of the molecule is CCNC(c1cc(I)ccc1Br)c1sc(C)cc1Br. The predicted octanol–water partition coefficient (Wildman–Crippen LogP) is 5.89. The second-order valence-electron chi connectivity index (χ2n) is 4.23. The van der Waals surface area contributed by atoms with Gasteiger partial charge in [-0.05, 0) is 81.8 Å². The van der Waals surface area contributed by atoms with E-state index < -0.39 is 0 Å². The van der Waals surface area contributed by atoms with Crippen molar-refractivity contribution in [2.45, 2.75) is 19.9 Å². The molecule has 5 heteroatoms. The molecule has 1 atom stereocenters. The van der Waals surface area contributed by atoms with Crippen LogP contribution in [0.5, 0.6) is 0 Å².